The van der Waals surface area contributed by atoms with Crippen molar-refractivity contribution < 1.29 is 14.3 Å². The number of hydrogen-bond acceptors (Lipinski definition) is 4. The third-order valence-electron chi connectivity index (χ3n) is 3.67. The van der Waals surface area contributed by atoms with Crippen molar-refractivity contribution in [3.63, 3.8) is 0 Å². The molecule has 0 spiro atoms. The number of hydrogen-bond donors (Lipinski definition) is 1. The quantitative estimate of drug-likeness (QED) is 0.834. The number of anilines is 2. The molecule has 0 aliphatic carbocycles. The maximum atomic E-state index is 12.6. The third kappa shape index (κ3) is 3.07. The molecule has 1 aliphatic heterocycles. The van der Waals surface area contributed by atoms with Gasteiger partial charge in [0.1, 0.15) is 11.8 Å². The number of imide groups is 1. The van der Waals surface area contributed by atoms with E-state index < -0.39 is 6.04 Å². The van der Waals surface area contributed by atoms with Crippen LogP contribution in [0.5, 0.6) is 5.75 Å². The molecule has 118 valence electrons. The molecule has 0 aromatic heterocycles. The van der Waals surface area contributed by atoms with Gasteiger partial charge in [0.2, 0.25) is 5.91 Å². The zero-order valence-corrected chi connectivity index (χ0v) is 14.0. The summed E-state index contributed by atoms with van der Waals surface area (Å²) >= 11 is 3.38. The minimum Gasteiger partial charge on any atom is -0.497 e. The summed E-state index contributed by atoms with van der Waals surface area (Å²) in [5.41, 5.74) is 1.34. The lowest BCUT2D eigenvalue weighted by atomic mass is 10.2. The Hall–Kier alpha value is -2.34. The van der Waals surface area contributed by atoms with Gasteiger partial charge in [-0.15, -0.1) is 0 Å². The Morgan fingerprint density at radius 2 is 1.83 bits per heavy atom. The molecule has 5 nitrogen and oxygen atoms in total. The molecule has 0 saturated carbocycles. The zero-order valence-electron chi connectivity index (χ0n) is 12.5. The van der Waals surface area contributed by atoms with Crippen molar-refractivity contribution in [3.8, 4) is 5.75 Å². The van der Waals surface area contributed by atoms with Gasteiger partial charge >= 0.3 is 0 Å². The van der Waals surface area contributed by atoms with Crippen LogP contribution >= 0.6 is 15.9 Å². The van der Waals surface area contributed by atoms with Crippen molar-refractivity contribution in [1.29, 1.82) is 0 Å². The first-order valence-corrected chi connectivity index (χ1v) is 7.91. The Kier molecular flexibility index (Phi) is 4.34. The fourth-order valence-corrected chi connectivity index (χ4v) is 2.98. The summed E-state index contributed by atoms with van der Waals surface area (Å²) < 4.78 is 5.82. The number of benzene rings is 2. The van der Waals surface area contributed by atoms with E-state index in [0.29, 0.717) is 10.2 Å². The van der Waals surface area contributed by atoms with Crippen molar-refractivity contribution in [2.45, 2.75) is 12.5 Å². The number of rotatable bonds is 4. The average Bonchev–Trinajstić information content (AvgIpc) is 2.83. The van der Waals surface area contributed by atoms with E-state index in [1.54, 1.807) is 37.4 Å². The molecular weight excluding hydrogens is 360 g/mol. The molecule has 1 unspecified atom stereocenters. The highest BCUT2D eigenvalue weighted by Crippen LogP contribution is 2.31. The van der Waals surface area contributed by atoms with E-state index in [1.807, 2.05) is 18.2 Å². The SMILES string of the molecule is COc1ccc(NC2CC(=O)N(c3ccccc3Br)C2=O)cc1. The Bertz CT molecular complexity index is 746. The fraction of sp³-hybridized carbons (Fsp3) is 0.176. The molecule has 1 fully saturated rings. The predicted octanol–water partition coefficient (Wildman–Crippen LogP) is 3.20. The fourth-order valence-electron chi connectivity index (χ4n) is 2.52. The first-order valence-electron chi connectivity index (χ1n) is 7.12. The number of carbonyl (C=O) groups is 2. The molecule has 2 aromatic carbocycles. The van der Waals surface area contributed by atoms with Crippen molar-refractivity contribution in [2.24, 2.45) is 0 Å². The van der Waals surface area contributed by atoms with Gasteiger partial charge in [-0.1, -0.05) is 12.1 Å². The Balaban J connectivity index is 1.79. The summed E-state index contributed by atoms with van der Waals surface area (Å²) in [7, 11) is 1.59. The first kappa shape index (κ1) is 15.6. The van der Waals surface area contributed by atoms with Crippen LogP contribution in [-0.2, 0) is 9.59 Å². The molecule has 1 atom stereocenters. The average molecular weight is 375 g/mol. The monoisotopic (exact) mass is 374 g/mol. The van der Waals surface area contributed by atoms with E-state index in [9.17, 15) is 9.59 Å². The highest BCUT2D eigenvalue weighted by atomic mass is 79.9. The standard InChI is InChI=1S/C17H15BrN2O3/c1-23-12-8-6-11(7-9-12)19-14-10-16(21)20(17(14)22)15-5-3-2-4-13(15)18/h2-9,14,19H,10H2,1H3. The molecule has 1 N–H and O–H groups in total. The molecule has 2 aromatic rings. The second kappa shape index (κ2) is 6.42. The van der Waals surface area contributed by atoms with Gasteiger partial charge in [-0.3, -0.25) is 9.59 Å². The Morgan fingerprint density at radius 1 is 1.13 bits per heavy atom. The molecule has 6 heteroatoms. The van der Waals surface area contributed by atoms with Crippen molar-refractivity contribution in [2.75, 3.05) is 17.3 Å². The van der Waals surface area contributed by atoms with Gasteiger partial charge in [0, 0.05) is 10.2 Å². The van der Waals surface area contributed by atoms with Gasteiger partial charge in [0.05, 0.1) is 19.2 Å². The summed E-state index contributed by atoms with van der Waals surface area (Å²) in [4.78, 5) is 26.1. The van der Waals surface area contributed by atoms with Crippen LogP contribution in [0.4, 0.5) is 11.4 Å². The van der Waals surface area contributed by atoms with E-state index in [1.165, 1.54) is 4.90 Å². The van der Waals surface area contributed by atoms with Crippen molar-refractivity contribution >= 4 is 39.1 Å². The summed E-state index contributed by atoms with van der Waals surface area (Å²) in [5, 5.41) is 3.11. The summed E-state index contributed by atoms with van der Waals surface area (Å²) in [6.07, 6.45) is 0.131. The first-order chi connectivity index (χ1) is 11.1. The molecule has 23 heavy (non-hydrogen) atoms. The van der Waals surface area contributed by atoms with Crippen LogP contribution in [0.1, 0.15) is 6.42 Å². The minimum atomic E-state index is -0.567. The van der Waals surface area contributed by atoms with Gasteiger partial charge < -0.3 is 10.1 Å². The number of nitrogens with one attached hydrogen (secondary N) is 1. The summed E-state index contributed by atoms with van der Waals surface area (Å²) in [5.74, 6) is 0.268. The second-order valence-corrected chi connectivity index (χ2v) is 6.00. The number of carbonyl (C=O) groups excluding carboxylic acids is 2. The van der Waals surface area contributed by atoms with Crippen LogP contribution in [0, 0.1) is 0 Å². The largest absolute Gasteiger partial charge is 0.497 e. The van der Waals surface area contributed by atoms with Crippen LogP contribution in [-0.4, -0.2) is 25.0 Å². The maximum absolute atomic E-state index is 12.6. The molecule has 0 bridgehead atoms. The van der Waals surface area contributed by atoms with Crippen molar-refractivity contribution in [1.82, 2.24) is 0 Å². The van der Waals surface area contributed by atoms with E-state index in [0.717, 1.165) is 11.4 Å². The van der Waals surface area contributed by atoms with Crippen molar-refractivity contribution in [3.05, 3.63) is 53.0 Å². The number of methoxy groups -OCH3 is 1. The number of ether oxygens (including phenoxy) is 1. The highest BCUT2D eigenvalue weighted by Gasteiger charge is 2.40. The molecular formula is C17H15BrN2O3. The molecule has 2 amide bonds. The third-order valence-corrected chi connectivity index (χ3v) is 4.34. The van der Waals surface area contributed by atoms with Crippen LogP contribution in [0.25, 0.3) is 0 Å². The lowest BCUT2D eigenvalue weighted by Crippen LogP contribution is -2.35. The lowest BCUT2D eigenvalue weighted by molar-refractivity contribution is -0.121. The normalized spacial score (nSPS) is 17.5. The van der Waals surface area contributed by atoms with Gasteiger partial charge in [-0.05, 0) is 52.3 Å². The second-order valence-electron chi connectivity index (χ2n) is 5.15. The summed E-state index contributed by atoms with van der Waals surface area (Å²) in [6.45, 7) is 0. The Morgan fingerprint density at radius 3 is 2.48 bits per heavy atom. The molecule has 1 heterocycles. The van der Waals surface area contributed by atoms with Gasteiger partial charge in [0.25, 0.3) is 5.91 Å². The topological polar surface area (TPSA) is 58.6 Å². The maximum Gasteiger partial charge on any atom is 0.256 e. The van der Waals surface area contributed by atoms with Crippen LogP contribution in [0.3, 0.4) is 0 Å². The number of amides is 2. The van der Waals surface area contributed by atoms with Crippen LogP contribution < -0.4 is 15.0 Å². The molecule has 0 radical (unpaired) electrons. The number of halogens is 1. The zero-order chi connectivity index (χ0) is 16.4. The minimum absolute atomic E-state index is 0.131. The highest BCUT2D eigenvalue weighted by molar-refractivity contribution is 9.10. The van der Waals surface area contributed by atoms with Gasteiger partial charge in [-0.2, -0.15) is 0 Å². The van der Waals surface area contributed by atoms with E-state index in [2.05, 4.69) is 21.2 Å². The van der Waals surface area contributed by atoms with Gasteiger partial charge in [-0.25, -0.2) is 4.90 Å². The molecule has 1 aliphatic rings. The van der Waals surface area contributed by atoms with Crippen LogP contribution in [0.15, 0.2) is 53.0 Å². The Labute approximate surface area is 142 Å². The van der Waals surface area contributed by atoms with E-state index in [-0.39, 0.29) is 18.2 Å². The number of nitrogens with zero attached hydrogens (tertiary/aromatic N) is 1. The molecule has 1 saturated heterocycles. The van der Waals surface area contributed by atoms with E-state index in [4.69, 9.17) is 4.74 Å². The molecule has 3 rings (SSSR count). The van der Waals surface area contributed by atoms with E-state index >= 15 is 0 Å². The summed E-state index contributed by atoms with van der Waals surface area (Å²) in [6, 6.07) is 13.9. The predicted molar refractivity (Wildman–Crippen MR) is 91.7 cm³/mol. The lowest BCUT2D eigenvalue weighted by Gasteiger charge is -2.17. The van der Waals surface area contributed by atoms with Gasteiger partial charge in [0.15, 0.2) is 0 Å². The number of para-hydroxylation sites is 1. The smallest absolute Gasteiger partial charge is 0.256 e. The van der Waals surface area contributed by atoms with Crippen LogP contribution in [0.2, 0.25) is 0 Å².